The van der Waals surface area contributed by atoms with Crippen LogP contribution in [0.1, 0.15) is 68.2 Å². The van der Waals surface area contributed by atoms with Crippen LogP contribution in [0.15, 0.2) is 212 Å². The topological polar surface area (TPSA) is 3.24 Å². The highest BCUT2D eigenvalue weighted by atomic mass is 28.3. The Bertz CT molecular complexity index is 3490. The molecule has 0 amide bonds. The molecule has 1 nitrogen and oxygen atoms in total. The van der Waals surface area contributed by atoms with Crippen molar-refractivity contribution in [3.05, 3.63) is 235 Å². The third-order valence-corrected chi connectivity index (χ3v) is 23.4. The second-order valence-electron chi connectivity index (χ2n) is 22.0. The van der Waals surface area contributed by atoms with E-state index < -0.39 is 8.07 Å². The van der Waals surface area contributed by atoms with E-state index in [1.165, 1.54) is 126 Å². The minimum Gasteiger partial charge on any atom is -0.310 e. The lowest BCUT2D eigenvalue weighted by Crippen LogP contribution is -2.72. The summed E-state index contributed by atoms with van der Waals surface area (Å²) in [6.07, 6.45) is 6.86. The minimum atomic E-state index is -2.76. The molecule has 0 saturated heterocycles. The summed E-state index contributed by atoms with van der Waals surface area (Å²) >= 11 is 0. The molecule has 0 unspecified atom stereocenters. The van der Waals surface area contributed by atoms with Crippen LogP contribution in [0.3, 0.4) is 0 Å². The van der Waals surface area contributed by atoms with Crippen molar-refractivity contribution < 1.29 is 0 Å². The molecule has 6 aliphatic carbocycles. The fraction of sp³-hybridized carbons (Fsp3) is 0.194. The average Bonchev–Trinajstić information content (AvgIpc) is 3.95. The Labute approximate surface area is 408 Å². The van der Waals surface area contributed by atoms with Gasteiger partial charge in [0.2, 0.25) is 0 Å². The van der Waals surface area contributed by atoms with E-state index in [0.29, 0.717) is 11.8 Å². The van der Waals surface area contributed by atoms with Crippen LogP contribution in [0.25, 0.3) is 44.5 Å². The van der Waals surface area contributed by atoms with E-state index in [1.54, 1.807) is 11.1 Å². The first-order chi connectivity index (χ1) is 33.9. The van der Waals surface area contributed by atoms with E-state index >= 15 is 0 Å². The third-order valence-electron chi connectivity index (χ3n) is 18.5. The van der Waals surface area contributed by atoms with Crippen LogP contribution in [-0.2, 0) is 10.8 Å². The van der Waals surface area contributed by atoms with Gasteiger partial charge in [-0.25, -0.2) is 0 Å². The number of hydrogen-bond acceptors (Lipinski definition) is 1. The Morgan fingerprint density at radius 2 is 0.855 bits per heavy atom. The highest BCUT2D eigenvalue weighted by Crippen LogP contribution is 2.70. The van der Waals surface area contributed by atoms with E-state index in [-0.39, 0.29) is 10.8 Å². The fourth-order valence-corrected chi connectivity index (χ4v) is 21.2. The largest absolute Gasteiger partial charge is 0.310 e. The molecule has 0 atom stereocenters. The van der Waals surface area contributed by atoms with Crippen LogP contribution in [0, 0.1) is 23.7 Å². The molecular weight excluding hydrogens is 847 g/mol. The van der Waals surface area contributed by atoms with Crippen molar-refractivity contribution in [2.75, 3.05) is 4.90 Å². The first-order valence-electron chi connectivity index (χ1n) is 25.7. The molecule has 0 radical (unpaired) electrons. The van der Waals surface area contributed by atoms with Crippen molar-refractivity contribution in [1.29, 1.82) is 0 Å². The molecule has 1 heterocycles. The lowest BCUT2D eigenvalue weighted by molar-refractivity contribution is -0.0399. The Hall–Kier alpha value is -7.00. The van der Waals surface area contributed by atoms with Gasteiger partial charge in [0.05, 0.1) is 0 Å². The van der Waals surface area contributed by atoms with Gasteiger partial charge in [-0.15, -0.1) is 0 Å². The Morgan fingerprint density at radius 1 is 0.362 bits per heavy atom. The molecule has 16 rings (SSSR count). The summed E-state index contributed by atoms with van der Waals surface area (Å²) in [5, 5.41) is 5.80. The first-order valence-corrected chi connectivity index (χ1v) is 27.7. The Morgan fingerprint density at radius 3 is 1.52 bits per heavy atom. The highest BCUT2D eigenvalue weighted by molar-refractivity contribution is 7.22. The number of hydrogen-bond donors (Lipinski definition) is 0. The summed E-state index contributed by atoms with van der Waals surface area (Å²) in [7, 11) is -2.76. The van der Waals surface area contributed by atoms with Crippen LogP contribution < -0.4 is 25.6 Å². The summed E-state index contributed by atoms with van der Waals surface area (Å²) in [6, 6.07) is 82.6. The van der Waals surface area contributed by atoms with Gasteiger partial charge in [-0.3, -0.25) is 0 Å². The molecule has 4 bridgehead atoms. The zero-order valence-electron chi connectivity index (χ0n) is 39.5. The molecule has 7 aliphatic rings. The SMILES string of the molecule is CC1(C)c2ccccc2-c2ccc(N(c3cccc([Si]4(c5ccccc5)c5ccccc5-c5ccccc54)c3)c3ccc4c(c3)C3(c5cc(-c6ccccc6)ccc5-4)C4CC5CC(C4)CC3C5)cc21. The maximum Gasteiger partial charge on any atom is 0.180 e. The Kier molecular flexibility index (Phi) is 8.40. The van der Waals surface area contributed by atoms with Crippen molar-refractivity contribution in [3.8, 4) is 44.5 Å². The van der Waals surface area contributed by atoms with E-state index in [4.69, 9.17) is 0 Å². The lowest BCUT2D eigenvalue weighted by Gasteiger charge is -2.61. The summed E-state index contributed by atoms with van der Waals surface area (Å²) < 4.78 is 0. The van der Waals surface area contributed by atoms with E-state index in [2.05, 4.69) is 231 Å². The second kappa shape index (κ2) is 14.5. The number of anilines is 3. The van der Waals surface area contributed by atoms with Crippen molar-refractivity contribution in [2.45, 2.75) is 56.8 Å². The van der Waals surface area contributed by atoms with E-state index in [9.17, 15) is 0 Å². The second-order valence-corrected chi connectivity index (χ2v) is 25.8. The number of rotatable bonds is 6. The maximum absolute atomic E-state index is 2.76. The normalized spacial score (nSPS) is 22.9. The maximum atomic E-state index is 2.70. The van der Waals surface area contributed by atoms with Crippen molar-refractivity contribution in [3.63, 3.8) is 0 Å². The minimum absolute atomic E-state index is 0.00945. The molecule has 4 saturated carbocycles. The molecule has 2 heteroatoms. The smallest absolute Gasteiger partial charge is 0.180 e. The van der Waals surface area contributed by atoms with Crippen molar-refractivity contribution in [1.82, 2.24) is 0 Å². The molecule has 332 valence electrons. The van der Waals surface area contributed by atoms with Gasteiger partial charge in [0.25, 0.3) is 0 Å². The van der Waals surface area contributed by atoms with E-state index in [1.807, 2.05) is 0 Å². The molecule has 1 spiro atoms. The predicted molar refractivity (Wildman–Crippen MR) is 290 cm³/mol. The molecular formula is C67H55NSi. The highest BCUT2D eigenvalue weighted by Gasteiger charge is 2.62. The zero-order chi connectivity index (χ0) is 45.6. The van der Waals surface area contributed by atoms with Crippen LogP contribution in [-0.4, -0.2) is 8.07 Å². The van der Waals surface area contributed by atoms with Crippen molar-refractivity contribution in [2.24, 2.45) is 23.7 Å². The third kappa shape index (κ3) is 5.36. The summed E-state index contributed by atoms with van der Waals surface area (Å²) in [6.45, 7) is 4.84. The monoisotopic (exact) mass is 901 g/mol. The van der Waals surface area contributed by atoms with Gasteiger partial charge < -0.3 is 4.90 Å². The standard InChI is InChI=1S/C67H55NSi/c1-66(2)60-25-12-9-22-54(60)55-32-29-50(41-61(55)66)68(49-18-15-21-53(40-49)69(52-19-7-4-8-20-52)64-26-13-10-23-58(64)59-24-11-14-27-65(59)69)51-30-33-57-56-31-28-46(45-16-5-3-6-17-45)39-62(56)67(63(57)42-51)47-35-43-34-44(37-47)38-48(67)36-43/h3-33,39-44,47-48H,34-38H2,1-2H3. The molecule has 9 aromatic rings. The van der Waals surface area contributed by atoms with E-state index in [0.717, 1.165) is 11.8 Å². The van der Waals surface area contributed by atoms with Gasteiger partial charge in [0.1, 0.15) is 0 Å². The molecule has 9 aromatic carbocycles. The number of nitrogens with zero attached hydrogens (tertiary/aromatic N) is 1. The summed E-state index contributed by atoms with van der Waals surface area (Å²) in [5.74, 6) is 3.06. The number of benzene rings is 9. The molecule has 1 aliphatic heterocycles. The van der Waals surface area contributed by atoms with Crippen LogP contribution >= 0.6 is 0 Å². The van der Waals surface area contributed by atoms with Crippen LogP contribution in [0.2, 0.25) is 0 Å². The van der Waals surface area contributed by atoms with Crippen molar-refractivity contribution >= 4 is 45.9 Å². The van der Waals surface area contributed by atoms with Crippen LogP contribution in [0.5, 0.6) is 0 Å². The van der Waals surface area contributed by atoms with Gasteiger partial charge in [0.15, 0.2) is 8.07 Å². The first kappa shape index (κ1) is 39.9. The lowest BCUT2D eigenvalue weighted by atomic mass is 9.43. The van der Waals surface area contributed by atoms with Crippen LogP contribution in [0.4, 0.5) is 17.1 Å². The average molecular weight is 902 g/mol. The fourth-order valence-electron chi connectivity index (χ4n) is 16.0. The van der Waals surface area contributed by atoms with Gasteiger partial charge in [0, 0.05) is 27.9 Å². The molecule has 69 heavy (non-hydrogen) atoms. The summed E-state index contributed by atoms with van der Waals surface area (Å²) in [4.78, 5) is 2.64. The Balaban J connectivity index is 0.971. The number of fused-ring (bicyclic) bond motifs is 9. The molecule has 0 aromatic heterocycles. The zero-order valence-corrected chi connectivity index (χ0v) is 40.5. The van der Waals surface area contributed by atoms with Gasteiger partial charge in [-0.1, -0.05) is 184 Å². The van der Waals surface area contributed by atoms with Gasteiger partial charge in [-0.05, 0) is 186 Å². The quantitative estimate of drug-likeness (QED) is 0.150. The molecule has 4 fully saturated rings. The van der Waals surface area contributed by atoms with Gasteiger partial charge >= 0.3 is 0 Å². The predicted octanol–water partition coefficient (Wildman–Crippen LogP) is 14.2. The molecule has 0 N–H and O–H groups in total. The van der Waals surface area contributed by atoms with Gasteiger partial charge in [-0.2, -0.15) is 0 Å². The summed E-state index contributed by atoms with van der Waals surface area (Å²) in [5.41, 5.74) is 20.6.